The van der Waals surface area contributed by atoms with E-state index in [4.69, 9.17) is 23.2 Å². The van der Waals surface area contributed by atoms with Crippen LogP contribution in [0.15, 0.2) is 34.1 Å². The van der Waals surface area contributed by atoms with Crippen molar-refractivity contribution >= 4 is 40.9 Å². The number of benzene rings is 2. The largest absolute Gasteiger partial charge is 0.507 e. The third-order valence-electron chi connectivity index (χ3n) is 3.65. The molecular weight excluding hydrogens is 367 g/mol. The summed E-state index contributed by atoms with van der Waals surface area (Å²) in [4.78, 5) is 13.2. The summed E-state index contributed by atoms with van der Waals surface area (Å²) in [5.74, 6) is -1.32. The van der Waals surface area contributed by atoms with Gasteiger partial charge in [0.05, 0.1) is 10.0 Å². The zero-order valence-electron chi connectivity index (χ0n) is 13.8. The molecule has 0 saturated carbocycles. The van der Waals surface area contributed by atoms with Crippen LogP contribution in [0.25, 0.3) is 0 Å². The Kier molecular flexibility index (Phi) is 5.43. The SMILES string of the molecule is Cc1c(Sc2ccc(Cl)c(Cl)c2)cc(C(C)(C)C)c(O)c1C(=O)O. The smallest absolute Gasteiger partial charge is 0.339 e. The quantitative estimate of drug-likeness (QED) is 0.665. The van der Waals surface area contributed by atoms with Gasteiger partial charge in [0.15, 0.2) is 0 Å². The Labute approximate surface area is 155 Å². The van der Waals surface area contributed by atoms with E-state index in [-0.39, 0.29) is 11.3 Å². The number of rotatable bonds is 3. The molecule has 2 rings (SSSR count). The van der Waals surface area contributed by atoms with Gasteiger partial charge in [-0.15, -0.1) is 0 Å². The topological polar surface area (TPSA) is 57.5 Å². The first kappa shape index (κ1) is 19.0. The highest BCUT2D eigenvalue weighted by molar-refractivity contribution is 7.99. The number of carboxylic acid groups (broad SMARTS) is 1. The minimum absolute atomic E-state index is 0.0648. The molecule has 0 radical (unpaired) electrons. The van der Waals surface area contributed by atoms with Gasteiger partial charge in [0.1, 0.15) is 11.3 Å². The third-order valence-corrected chi connectivity index (χ3v) is 5.53. The van der Waals surface area contributed by atoms with Crippen LogP contribution in [-0.4, -0.2) is 16.2 Å². The molecule has 0 saturated heterocycles. The van der Waals surface area contributed by atoms with E-state index in [0.717, 1.165) is 9.79 Å². The normalized spacial score (nSPS) is 11.6. The van der Waals surface area contributed by atoms with Gasteiger partial charge in [-0.05, 0) is 42.2 Å². The molecule has 0 aliphatic rings. The Bertz CT molecular complexity index is 811. The number of carboxylic acids is 1. The average Bonchev–Trinajstić information content (AvgIpc) is 2.44. The first-order valence-corrected chi connectivity index (χ1v) is 8.83. The summed E-state index contributed by atoms with van der Waals surface area (Å²) in [5, 5.41) is 20.8. The van der Waals surface area contributed by atoms with Crippen LogP contribution < -0.4 is 0 Å². The summed E-state index contributed by atoms with van der Waals surface area (Å²) in [7, 11) is 0. The van der Waals surface area contributed by atoms with Gasteiger partial charge in [0.2, 0.25) is 0 Å². The Morgan fingerprint density at radius 3 is 2.25 bits per heavy atom. The Hall–Kier alpha value is -1.36. The molecule has 128 valence electrons. The van der Waals surface area contributed by atoms with Crippen molar-refractivity contribution in [3.8, 4) is 5.75 Å². The minimum Gasteiger partial charge on any atom is -0.507 e. The summed E-state index contributed by atoms with van der Waals surface area (Å²) in [6.45, 7) is 7.47. The van der Waals surface area contributed by atoms with Crippen molar-refractivity contribution in [1.82, 2.24) is 0 Å². The Morgan fingerprint density at radius 1 is 1.12 bits per heavy atom. The van der Waals surface area contributed by atoms with Crippen LogP contribution in [0.3, 0.4) is 0 Å². The number of carbonyl (C=O) groups is 1. The van der Waals surface area contributed by atoms with Crippen LogP contribution in [0.4, 0.5) is 0 Å². The predicted octanol–water partition coefficient (Wildman–Crippen LogP) is 6.15. The molecular formula is C18H18Cl2O3S. The van der Waals surface area contributed by atoms with Crippen molar-refractivity contribution < 1.29 is 15.0 Å². The maximum atomic E-state index is 11.6. The number of hydrogen-bond donors (Lipinski definition) is 2. The second-order valence-electron chi connectivity index (χ2n) is 6.50. The average molecular weight is 385 g/mol. The summed E-state index contributed by atoms with van der Waals surface area (Å²) >= 11 is 13.4. The molecule has 2 aromatic rings. The minimum atomic E-state index is -1.15. The van der Waals surface area contributed by atoms with E-state index in [9.17, 15) is 15.0 Å². The Morgan fingerprint density at radius 2 is 1.75 bits per heavy atom. The van der Waals surface area contributed by atoms with E-state index in [0.29, 0.717) is 21.2 Å². The second kappa shape index (κ2) is 6.87. The van der Waals surface area contributed by atoms with Gasteiger partial charge in [-0.25, -0.2) is 4.79 Å². The summed E-state index contributed by atoms with van der Waals surface area (Å²) in [5.41, 5.74) is 0.650. The summed E-state index contributed by atoms with van der Waals surface area (Å²) in [6.07, 6.45) is 0. The van der Waals surface area contributed by atoms with E-state index < -0.39 is 11.4 Å². The number of aromatic hydroxyl groups is 1. The van der Waals surface area contributed by atoms with Crippen LogP contribution in [0.5, 0.6) is 5.75 Å². The zero-order valence-corrected chi connectivity index (χ0v) is 16.1. The lowest BCUT2D eigenvalue weighted by Crippen LogP contribution is -2.14. The maximum Gasteiger partial charge on any atom is 0.339 e. The van der Waals surface area contributed by atoms with Crippen molar-refractivity contribution in [3.63, 3.8) is 0 Å². The molecule has 2 N–H and O–H groups in total. The van der Waals surface area contributed by atoms with Crippen LogP contribution >= 0.6 is 35.0 Å². The van der Waals surface area contributed by atoms with Crippen molar-refractivity contribution in [1.29, 1.82) is 0 Å². The fourth-order valence-corrected chi connectivity index (χ4v) is 3.71. The maximum absolute atomic E-state index is 11.6. The number of halogens is 2. The molecule has 0 aliphatic carbocycles. The number of hydrogen-bond acceptors (Lipinski definition) is 3. The first-order valence-electron chi connectivity index (χ1n) is 7.25. The van der Waals surface area contributed by atoms with E-state index in [1.54, 1.807) is 19.1 Å². The molecule has 24 heavy (non-hydrogen) atoms. The molecule has 0 atom stereocenters. The van der Waals surface area contributed by atoms with Gasteiger partial charge in [-0.3, -0.25) is 0 Å². The van der Waals surface area contributed by atoms with Gasteiger partial charge in [-0.2, -0.15) is 0 Å². The van der Waals surface area contributed by atoms with Crippen molar-refractivity contribution in [3.05, 3.63) is 51.0 Å². The molecule has 0 heterocycles. The molecule has 3 nitrogen and oxygen atoms in total. The third kappa shape index (κ3) is 3.82. The Balaban J connectivity index is 2.62. The van der Waals surface area contributed by atoms with Crippen molar-refractivity contribution in [2.45, 2.75) is 42.9 Å². The van der Waals surface area contributed by atoms with E-state index in [2.05, 4.69) is 0 Å². The lowest BCUT2D eigenvalue weighted by atomic mass is 9.84. The van der Waals surface area contributed by atoms with E-state index in [1.807, 2.05) is 32.9 Å². The molecule has 0 amide bonds. The standard InChI is InChI=1S/C18H18Cl2O3S/c1-9-14(24-10-5-6-12(19)13(20)7-10)8-11(18(2,3)4)16(21)15(9)17(22)23/h5-8,21H,1-4H3,(H,22,23). The number of phenols is 1. The fourth-order valence-electron chi connectivity index (χ4n) is 2.35. The molecule has 6 heteroatoms. The lowest BCUT2D eigenvalue weighted by Gasteiger charge is -2.24. The highest BCUT2D eigenvalue weighted by atomic mass is 35.5. The monoisotopic (exact) mass is 384 g/mol. The number of aromatic carboxylic acids is 1. The van der Waals surface area contributed by atoms with Gasteiger partial charge < -0.3 is 10.2 Å². The second-order valence-corrected chi connectivity index (χ2v) is 8.43. The van der Waals surface area contributed by atoms with Gasteiger partial charge >= 0.3 is 5.97 Å². The predicted molar refractivity (Wildman–Crippen MR) is 99.1 cm³/mol. The van der Waals surface area contributed by atoms with Crippen LogP contribution in [0, 0.1) is 6.92 Å². The van der Waals surface area contributed by atoms with Crippen LogP contribution in [0.2, 0.25) is 10.0 Å². The van der Waals surface area contributed by atoms with E-state index in [1.165, 1.54) is 11.8 Å². The van der Waals surface area contributed by atoms with Crippen molar-refractivity contribution in [2.75, 3.05) is 0 Å². The van der Waals surface area contributed by atoms with Crippen LogP contribution in [0.1, 0.15) is 42.3 Å². The van der Waals surface area contributed by atoms with Crippen molar-refractivity contribution in [2.24, 2.45) is 0 Å². The van der Waals surface area contributed by atoms with E-state index >= 15 is 0 Å². The molecule has 0 unspecified atom stereocenters. The summed E-state index contributed by atoms with van der Waals surface area (Å²) in [6, 6.07) is 7.09. The first-order chi connectivity index (χ1) is 11.0. The highest BCUT2D eigenvalue weighted by Gasteiger charge is 2.26. The highest BCUT2D eigenvalue weighted by Crippen LogP contribution is 2.42. The molecule has 0 aromatic heterocycles. The molecule has 0 spiro atoms. The van der Waals surface area contributed by atoms with Crippen LogP contribution in [-0.2, 0) is 5.41 Å². The van der Waals surface area contributed by atoms with Gasteiger partial charge in [0, 0.05) is 15.4 Å². The molecule has 0 fully saturated rings. The fraction of sp³-hybridized carbons (Fsp3) is 0.278. The summed E-state index contributed by atoms with van der Waals surface area (Å²) < 4.78 is 0. The molecule has 0 aliphatic heterocycles. The van der Waals surface area contributed by atoms with Gasteiger partial charge in [-0.1, -0.05) is 55.7 Å². The van der Waals surface area contributed by atoms with Gasteiger partial charge in [0.25, 0.3) is 0 Å². The molecule has 0 bridgehead atoms. The zero-order chi connectivity index (χ0) is 18.2. The lowest BCUT2D eigenvalue weighted by molar-refractivity contribution is 0.0692. The molecule has 2 aromatic carbocycles.